The zero-order chi connectivity index (χ0) is 14.3. The normalized spacial score (nSPS) is 29.4. The molecule has 0 bridgehead atoms. The van der Waals surface area contributed by atoms with E-state index < -0.39 is 5.60 Å². The second-order valence-corrected chi connectivity index (χ2v) is 6.33. The quantitative estimate of drug-likeness (QED) is 0.702. The van der Waals surface area contributed by atoms with Crippen molar-refractivity contribution in [3.8, 4) is 0 Å². The maximum atomic E-state index is 12.0. The third kappa shape index (κ3) is 5.38. The summed E-state index contributed by atoms with van der Waals surface area (Å²) in [5, 5.41) is 16.4. The maximum Gasteiger partial charge on any atom is 0.234 e. The summed E-state index contributed by atoms with van der Waals surface area (Å²) in [6.45, 7) is 4.44. The van der Waals surface area contributed by atoms with Crippen LogP contribution >= 0.6 is 0 Å². The second-order valence-electron chi connectivity index (χ2n) is 6.33. The number of rotatable bonds is 4. The van der Waals surface area contributed by atoms with E-state index in [1.165, 1.54) is 32.1 Å². The van der Waals surface area contributed by atoms with Crippen molar-refractivity contribution in [3.63, 3.8) is 0 Å². The van der Waals surface area contributed by atoms with E-state index >= 15 is 0 Å². The molecule has 2 rings (SSSR count). The molecule has 2 fully saturated rings. The molecule has 5 heteroatoms. The van der Waals surface area contributed by atoms with Crippen LogP contribution in [0.2, 0.25) is 0 Å². The van der Waals surface area contributed by atoms with Crippen molar-refractivity contribution in [2.75, 3.05) is 39.3 Å². The van der Waals surface area contributed by atoms with Gasteiger partial charge in [-0.2, -0.15) is 0 Å². The lowest BCUT2D eigenvalue weighted by molar-refractivity contribution is -0.123. The summed E-state index contributed by atoms with van der Waals surface area (Å²) in [5.41, 5.74) is -0.760. The zero-order valence-corrected chi connectivity index (χ0v) is 12.5. The number of β-amino-alcohol motifs (C(OH)–C–C–N with tert-alkyl or cyclic N) is 1. The van der Waals surface area contributed by atoms with Gasteiger partial charge in [-0.3, -0.25) is 9.69 Å². The maximum absolute atomic E-state index is 12.0. The van der Waals surface area contributed by atoms with Gasteiger partial charge in [0.25, 0.3) is 0 Å². The van der Waals surface area contributed by atoms with E-state index in [0.29, 0.717) is 19.6 Å². The Bertz CT molecular complexity index is 295. The Hall–Kier alpha value is -0.650. The molecule has 0 aliphatic carbocycles. The van der Waals surface area contributed by atoms with Gasteiger partial charge in [0.1, 0.15) is 0 Å². The third-order valence-corrected chi connectivity index (χ3v) is 4.38. The first-order valence-electron chi connectivity index (χ1n) is 8.10. The van der Waals surface area contributed by atoms with E-state index in [0.717, 1.165) is 32.5 Å². The van der Waals surface area contributed by atoms with Crippen LogP contribution in [0.15, 0.2) is 0 Å². The molecule has 3 N–H and O–H groups in total. The molecule has 1 amide bonds. The topological polar surface area (TPSA) is 64.6 Å². The summed E-state index contributed by atoms with van der Waals surface area (Å²) >= 11 is 0. The fraction of sp³-hybridized carbons (Fsp3) is 0.933. The van der Waals surface area contributed by atoms with E-state index in [9.17, 15) is 9.90 Å². The van der Waals surface area contributed by atoms with Crippen LogP contribution in [-0.2, 0) is 4.79 Å². The first-order chi connectivity index (χ1) is 9.68. The van der Waals surface area contributed by atoms with Gasteiger partial charge in [-0.1, -0.05) is 19.3 Å². The molecule has 20 heavy (non-hydrogen) atoms. The van der Waals surface area contributed by atoms with Crippen LogP contribution in [0.5, 0.6) is 0 Å². The smallest absolute Gasteiger partial charge is 0.234 e. The van der Waals surface area contributed by atoms with Gasteiger partial charge >= 0.3 is 0 Å². The highest BCUT2D eigenvalue weighted by atomic mass is 16.3. The third-order valence-electron chi connectivity index (χ3n) is 4.38. The van der Waals surface area contributed by atoms with Crippen LogP contribution in [-0.4, -0.2) is 60.8 Å². The van der Waals surface area contributed by atoms with Crippen LogP contribution in [0.3, 0.4) is 0 Å². The van der Waals surface area contributed by atoms with Crippen molar-refractivity contribution in [3.05, 3.63) is 0 Å². The van der Waals surface area contributed by atoms with Gasteiger partial charge in [-0.15, -0.1) is 0 Å². The standard InChI is InChI=1S/C15H29N3O2/c19-14(11-18-9-4-2-1-3-5-10-18)17-13-15(20)7-6-8-16-12-15/h16,20H,1-13H2,(H,17,19)/t15-/m1/s1. The Morgan fingerprint density at radius 2 is 1.85 bits per heavy atom. The lowest BCUT2D eigenvalue weighted by atomic mass is 9.94. The molecule has 2 aliphatic heterocycles. The monoisotopic (exact) mass is 283 g/mol. The van der Waals surface area contributed by atoms with Gasteiger partial charge < -0.3 is 15.7 Å². The summed E-state index contributed by atoms with van der Waals surface area (Å²) < 4.78 is 0. The number of hydrogen-bond acceptors (Lipinski definition) is 4. The number of aliphatic hydroxyl groups is 1. The van der Waals surface area contributed by atoms with Gasteiger partial charge in [-0.25, -0.2) is 0 Å². The van der Waals surface area contributed by atoms with E-state index in [4.69, 9.17) is 0 Å². The van der Waals surface area contributed by atoms with E-state index in [1.807, 2.05) is 0 Å². The van der Waals surface area contributed by atoms with E-state index in [-0.39, 0.29) is 5.91 Å². The molecule has 0 aromatic carbocycles. The lowest BCUT2D eigenvalue weighted by Gasteiger charge is -2.33. The van der Waals surface area contributed by atoms with Gasteiger partial charge in [0.15, 0.2) is 0 Å². The number of amides is 1. The molecule has 0 unspecified atom stereocenters. The first-order valence-corrected chi connectivity index (χ1v) is 8.10. The molecule has 2 heterocycles. The summed E-state index contributed by atoms with van der Waals surface area (Å²) in [6, 6.07) is 0. The second kappa shape index (κ2) is 7.96. The van der Waals surface area contributed by atoms with Crippen LogP contribution in [0, 0.1) is 0 Å². The number of piperidine rings is 1. The lowest BCUT2D eigenvalue weighted by Crippen LogP contribution is -2.53. The van der Waals surface area contributed by atoms with Crippen LogP contribution in [0.25, 0.3) is 0 Å². The first kappa shape index (κ1) is 15.7. The van der Waals surface area contributed by atoms with Crippen LogP contribution in [0.4, 0.5) is 0 Å². The zero-order valence-electron chi connectivity index (χ0n) is 12.5. The highest BCUT2D eigenvalue weighted by Gasteiger charge is 2.29. The summed E-state index contributed by atoms with van der Waals surface area (Å²) in [5.74, 6) is 0.0459. The van der Waals surface area contributed by atoms with Crippen molar-refractivity contribution in [1.29, 1.82) is 0 Å². The van der Waals surface area contributed by atoms with Crippen molar-refractivity contribution in [2.24, 2.45) is 0 Å². The molecule has 5 nitrogen and oxygen atoms in total. The predicted molar refractivity (Wildman–Crippen MR) is 79.6 cm³/mol. The molecular formula is C15H29N3O2. The van der Waals surface area contributed by atoms with Gasteiger partial charge in [0, 0.05) is 13.1 Å². The number of nitrogens with zero attached hydrogens (tertiary/aromatic N) is 1. The SMILES string of the molecule is O=C(CN1CCCCCCC1)NC[C@@]1(O)CCCNC1. The van der Waals surface area contributed by atoms with E-state index in [2.05, 4.69) is 15.5 Å². The summed E-state index contributed by atoms with van der Waals surface area (Å²) in [6.07, 6.45) is 8.03. The van der Waals surface area contributed by atoms with Crippen LogP contribution < -0.4 is 10.6 Å². The fourth-order valence-corrected chi connectivity index (χ4v) is 3.10. The molecule has 1 atom stereocenters. The Balaban J connectivity index is 1.68. The largest absolute Gasteiger partial charge is 0.387 e. The van der Waals surface area contributed by atoms with Crippen molar-refractivity contribution >= 4 is 5.91 Å². The van der Waals surface area contributed by atoms with Gasteiger partial charge in [0.05, 0.1) is 12.1 Å². The highest BCUT2D eigenvalue weighted by Crippen LogP contribution is 2.14. The minimum absolute atomic E-state index is 0.0459. The Labute approximate surface area is 122 Å². The Morgan fingerprint density at radius 1 is 1.15 bits per heavy atom. The van der Waals surface area contributed by atoms with Crippen molar-refractivity contribution in [1.82, 2.24) is 15.5 Å². The number of nitrogens with one attached hydrogen (secondary N) is 2. The summed E-state index contributed by atoms with van der Waals surface area (Å²) in [4.78, 5) is 14.3. The minimum Gasteiger partial charge on any atom is -0.387 e. The fourth-order valence-electron chi connectivity index (χ4n) is 3.10. The molecule has 0 spiro atoms. The van der Waals surface area contributed by atoms with E-state index in [1.54, 1.807) is 0 Å². The Kier molecular flexibility index (Phi) is 6.26. The van der Waals surface area contributed by atoms with Crippen molar-refractivity contribution in [2.45, 2.75) is 50.5 Å². The average Bonchev–Trinajstić information content (AvgIpc) is 2.40. The molecule has 2 saturated heterocycles. The highest BCUT2D eigenvalue weighted by molar-refractivity contribution is 5.78. The predicted octanol–water partition coefficient (Wildman–Crippen LogP) is 0.483. The number of likely N-dealkylation sites (tertiary alicyclic amines) is 1. The molecule has 116 valence electrons. The average molecular weight is 283 g/mol. The Morgan fingerprint density at radius 3 is 2.50 bits per heavy atom. The van der Waals surface area contributed by atoms with Crippen LogP contribution in [0.1, 0.15) is 44.9 Å². The van der Waals surface area contributed by atoms with Gasteiger partial charge in [-0.05, 0) is 45.3 Å². The molecule has 2 aliphatic rings. The number of hydrogen-bond donors (Lipinski definition) is 3. The molecule has 0 radical (unpaired) electrons. The molecule has 0 saturated carbocycles. The number of carbonyl (C=O) groups is 1. The molecule has 0 aromatic heterocycles. The molecule has 0 aromatic rings. The van der Waals surface area contributed by atoms with Gasteiger partial charge in [0.2, 0.25) is 5.91 Å². The van der Waals surface area contributed by atoms with Crippen molar-refractivity contribution < 1.29 is 9.90 Å². The minimum atomic E-state index is -0.760. The summed E-state index contributed by atoms with van der Waals surface area (Å²) in [7, 11) is 0. The molecular weight excluding hydrogens is 254 g/mol. The number of carbonyl (C=O) groups excluding carboxylic acids is 1.